The first kappa shape index (κ1) is 21.5. The number of carbonyl (C=O) groups excluding carboxylic acids is 1. The molecule has 2 aromatic rings. The van der Waals surface area contributed by atoms with Crippen molar-refractivity contribution in [2.75, 3.05) is 33.6 Å². The van der Waals surface area contributed by atoms with E-state index < -0.39 is 10.0 Å². The van der Waals surface area contributed by atoms with Gasteiger partial charge in [-0.1, -0.05) is 17.4 Å². The summed E-state index contributed by atoms with van der Waals surface area (Å²) in [4.78, 5) is 17.7. The minimum absolute atomic E-state index is 0.221. The topological polar surface area (TPSA) is 90.2 Å². The van der Waals surface area contributed by atoms with Crippen LogP contribution in [0.1, 0.15) is 12.8 Å². The fourth-order valence-electron chi connectivity index (χ4n) is 3.41. The number of ether oxygens (including phenoxy) is 2. The summed E-state index contributed by atoms with van der Waals surface area (Å²) < 4.78 is 38.3. The minimum Gasteiger partial charge on any atom is -0.493 e. The van der Waals surface area contributed by atoms with Gasteiger partial charge in [-0.15, -0.1) is 6.58 Å². The molecule has 158 valence electrons. The first-order chi connectivity index (χ1) is 13.8. The Hall–Kier alpha value is -2.17. The van der Waals surface area contributed by atoms with E-state index in [0.29, 0.717) is 48.8 Å². The van der Waals surface area contributed by atoms with Crippen molar-refractivity contribution >= 4 is 37.5 Å². The van der Waals surface area contributed by atoms with Crippen LogP contribution in [-0.2, 0) is 21.4 Å². The third-order valence-electron chi connectivity index (χ3n) is 4.98. The number of rotatable bonds is 6. The Bertz CT molecular complexity index is 1090. The highest BCUT2D eigenvalue weighted by Crippen LogP contribution is 2.33. The summed E-state index contributed by atoms with van der Waals surface area (Å²) in [5.74, 6) is 0.709. The average molecular weight is 440 g/mol. The van der Waals surface area contributed by atoms with Crippen molar-refractivity contribution in [2.24, 2.45) is 10.9 Å². The molecule has 3 rings (SSSR count). The molecule has 0 saturated carbocycles. The van der Waals surface area contributed by atoms with E-state index in [1.807, 2.05) is 16.7 Å². The fourth-order valence-corrected chi connectivity index (χ4v) is 5.34. The quantitative estimate of drug-likeness (QED) is 0.642. The van der Waals surface area contributed by atoms with Crippen LogP contribution in [0.5, 0.6) is 11.5 Å². The molecule has 2 heterocycles. The fraction of sp³-hybridized carbons (Fsp3) is 0.474. The normalized spacial score (nSPS) is 16.9. The maximum Gasteiger partial charge on any atom is 0.251 e. The zero-order valence-corrected chi connectivity index (χ0v) is 18.4. The number of amides is 1. The van der Waals surface area contributed by atoms with E-state index in [4.69, 9.17) is 9.47 Å². The van der Waals surface area contributed by atoms with Crippen LogP contribution in [0.2, 0.25) is 0 Å². The van der Waals surface area contributed by atoms with Crippen LogP contribution >= 0.6 is 11.3 Å². The Balaban J connectivity index is 1.95. The number of piperidine rings is 1. The maximum atomic E-state index is 12.8. The highest BCUT2D eigenvalue weighted by molar-refractivity contribution is 7.88. The molecule has 1 aromatic carbocycles. The van der Waals surface area contributed by atoms with Crippen molar-refractivity contribution in [1.82, 2.24) is 8.87 Å². The summed E-state index contributed by atoms with van der Waals surface area (Å²) in [6, 6.07) is 3.73. The second-order valence-corrected chi connectivity index (χ2v) is 9.84. The number of carbonyl (C=O) groups is 1. The molecule has 0 spiro atoms. The number of hydrogen-bond acceptors (Lipinski definition) is 6. The summed E-state index contributed by atoms with van der Waals surface area (Å²) in [6.45, 7) is 4.98. The lowest BCUT2D eigenvalue weighted by Crippen LogP contribution is -2.39. The van der Waals surface area contributed by atoms with E-state index in [-0.39, 0.29) is 11.8 Å². The van der Waals surface area contributed by atoms with Crippen molar-refractivity contribution in [3.05, 3.63) is 29.6 Å². The van der Waals surface area contributed by atoms with Gasteiger partial charge in [-0.05, 0) is 12.8 Å². The van der Waals surface area contributed by atoms with Crippen molar-refractivity contribution in [2.45, 2.75) is 19.4 Å². The lowest BCUT2D eigenvalue weighted by atomic mass is 9.98. The smallest absolute Gasteiger partial charge is 0.251 e. The zero-order valence-electron chi connectivity index (χ0n) is 16.8. The number of allylic oxidation sites excluding steroid dienone is 1. The van der Waals surface area contributed by atoms with Crippen LogP contribution in [0.15, 0.2) is 29.8 Å². The highest BCUT2D eigenvalue weighted by Gasteiger charge is 2.29. The molecule has 1 amide bonds. The van der Waals surface area contributed by atoms with Crippen LogP contribution in [0.3, 0.4) is 0 Å². The molecule has 1 aliphatic rings. The largest absolute Gasteiger partial charge is 0.493 e. The Morgan fingerprint density at radius 1 is 1.28 bits per heavy atom. The van der Waals surface area contributed by atoms with Crippen molar-refractivity contribution in [1.29, 1.82) is 0 Å². The molecule has 8 nitrogen and oxygen atoms in total. The Morgan fingerprint density at radius 3 is 2.45 bits per heavy atom. The molecule has 0 aliphatic carbocycles. The Labute approximate surface area is 174 Å². The molecular weight excluding hydrogens is 414 g/mol. The molecule has 1 saturated heterocycles. The van der Waals surface area contributed by atoms with Gasteiger partial charge in [0.05, 0.1) is 30.7 Å². The number of benzene rings is 1. The van der Waals surface area contributed by atoms with Crippen LogP contribution in [0.25, 0.3) is 10.2 Å². The molecule has 0 unspecified atom stereocenters. The Morgan fingerprint density at radius 2 is 1.90 bits per heavy atom. The van der Waals surface area contributed by atoms with E-state index in [2.05, 4.69) is 11.6 Å². The van der Waals surface area contributed by atoms with Crippen molar-refractivity contribution in [3.8, 4) is 11.5 Å². The second-order valence-electron chi connectivity index (χ2n) is 6.85. The summed E-state index contributed by atoms with van der Waals surface area (Å²) in [5, 5.41) is 0. The van der Waals surface area contributed by atoms with Crippen LogP contribution in [0.4, 0.5) is 0 Å². The van der Waals surface area contributed by atoms with E-state index in [0.717, 1.165) is 10.2 Å². The summed E-state index contributed by atoms with van der Waals surface area (Å²) in [6.07, 6.45) is 3.89. The lowest BCUT2D eigenvalue weighted by Gasteiger charge is -2.28. The summed E-state index contributed by atoms with van der Waals surface area (Å²) in [5.41, 5.74) is 0.881. The second kappa shape index (κ2) is 8.68. The van der Waals surface area contributed by atoms with Gasteiger partial charge in [-0.2, -0.15) is 4.99 Å². The van der Waals surface area contributed by atoms with Gasteiger partial charge in [0.1, 0.15) is 0 Å². The van der Waals surface area contributed by atoms with Crippen LogP contribution < -0.4 is 14.3 Å². The summed E-state index contributed by atoms with van der Waals surface area (Å²) >= 11 is 1.40. The number of hydrogen-bond donors (Lipinski definition) is 0. The van der Waals surface area contributed by atoms with E-state index >= 15 is 0 Å². The zero-order chi connectivity index (χ0) is 21.2. The molecule has 1 aromatic heterocycles. The third-order valence-corrected chi connectivity index (χ3v) is 7.32. The number of fused-ring (bicyclic) bond motifs is 1. The SMILES string of the molecule is C=CCn1c(=NC(=O)C2CCN(S(C)(=O)=O)CC2)sc2cc(OC)c(OC)cc21. The Kier molecular flexibility index (Phi) is 6.45. The molecule has 1 fully saturated rings. The first-order valence-corrected chi connectivity index (χ1v) is 11.8. The molecular formula is C19H25N3O5S2. The predicted octanol–water partition coefficient (Wildman–Crippen LogP) is 2.00. The molecule has 0 atom stereocenters. The van der Waals surface area contributed by atoms with Gasteiger partial charge in [0, 0.05) is 37.7 Å². The van der Waals surface area contributed by atoms with E-state index in [1.54, 1.807) is 20.3 Å². The van der Waals surface area contributed by atoms with Gasteiger partial charge >= 0.3 is 0 Å². The maximum absolute atomic E-state index is 12.8. The van der Waals surface area contributed by atoms with Gasteiger partial charge in [-0.3, -0.25) is 4.79 Å². The predicted molar refractivity (Wildman–Crippen MR) is 113 cm³/mol. The molecule has 0 N–H and O–H groups in total. The number of methoxy groups -OCH3 is 2. The summed E-state index contributed by atoms with van der Waals surface area (Å²) in [7, 11) is -0.0729. The first-order valence-electron chi connectivity index (χ1n) is 9.18. The van der Waals surface area contributed by atoms with Crippen LogP contribution in [-0.4, -0.2) is 56.8 Å². The number of aromatic nitrogens is 1. The van der Waals surface area contributed by atoms with Crippen LogP contribution in [0, 0.1) is 5.92 Å². The van der Waals surface area contributed by atoms with Gasteiger partial charge in [0.25, 0.3) is 5.91 Å². The van der Waals surface area contributed by atoms with Gasteiger partial charge in [0.15, 0.2) is 16.3 Å². The molecule has 29 heavy (non-hydrogen) atoms. The van der Waals surface area contributed by atoms with Gasteiger partial charge < -0.3 is 14.0 Å². The minimum atomic E-state index is -3.22. The number of sulfonamides is 1. The molecule has 0 bridgehead atoms. The van der Waals surface area contributed by atoms with Gasteiger partial charge in [0.2, 0.25) is 10.0 Å². The lowest BCUT2D eigenvalue weighted by molar-refractivity contribution is -0.122. The number of thiazole rings is 1. The monoisotopic (exact) mass is 439 g/mol. The highest BCUT2D eigenvalue weighted by atomic mass is 32.2. The van der Waals surface area contributed by atoms with Gasteiger partial charge in [-0.25, -0.2) is 12.7 Å². The average Bonchev–Trinajstić information content (AvgIpc) is 3.02. The number of nitrogens with zero attached hydrogens (tertiary/aromatic N) is 3. The standard InChI is InChI=1S/C19H25N3O5S2/c1-5-8-22-14-11-15(26-2)16(27-3)12-17(14)28-19(22)20-18(23)13-6-9-21(10-7-13)29(4,24)25/h5,11-13H,1,6-10H2,2-4H3. The molecule has 1 aliphatic heterocycles. The van der Waals surface area contributed by atoms with E-state index in [1.165, 1.54) is 21.9 Å². The third kappa shape index (κ3) is 4.54. The van der Waals surface area contributed by atoms with Crippen molar-refractivity contribution < 1.29 is 22.7 Å². The molecule has 10 heteroatoms. The molecule has 0 radical (unpaired) electrons. The van der Waals surface area contributed by atoms with E-state index in [9.17, 15) is 13.2 Å². The van der Waals surface area contributed by atoms with Crippen molar-refractivity contribution in [3.63, 3.8) is 0 Å².